The van der Waals surface area contributed by atoms with Crippen LogP contribution in [-0.4, -0.2) is 13.0 Å². The maximum absolute atomic E-state index is 5.12. The molecule has 1 aliphatic heterocycles. The Morgan fingerprint density at radius 2 is 2.36 bits per heavy atom. The van der Waals surface area contributed by atoms with Gasteiger partial charge in [-0.2, -0.15) is 0 Å². The predicted octanol–water partition coefficient (Wildman–Crippen LogP) is 2.14. The quantitative estimate of drug-likeness (QED) is 0.562. The zero-order valence-corrected chi connectivity index (χ0v) is 6.95. The van der Waals surface area contributed by atoms with Crippen molar-refractivity contribution in [2.24, 2.45) is 10.9 Å². The Bertz CT molecular complexity index is 204. The summed E-state index contributed by atoms with van der Waals surface area (Å²) in [6.07, 6.45) is 8.81. The lowest BCUT2D eigenvalue weighted by atomic mass is 10.1. The van der Waals surface area contributed by atoms with Crippen molar-refractivity contribution in [3.05, 3.63) is 24.4 Å². The molecule has 0 radical (unpaired) electrons. The van der Waals surface area contributed by atoms with E-state index in [2.05, 4.69) is 18.0 Å². The zero-order valence-electron chi connectivity index (χ0n) is 6.95. The van der Waals surface area contributed by atoms with Crippen LogP contribution >= 0.6 is 0 Å². The van der Waals surface area contributed by atoms with E-state index in [9.17, 15) is 0 Å². The van der Waals surface area contributed by atoms with Crippen LogP contribution in [0.2, 0.25) is 0 Å². The van der Waals surface area contributed by atoms with E-state index in [1.165, 1.54) is 0 Å². The molecule has 0 aromatic heterocycles. The summed E-state index contributed by atoms with van der Waals surface area (Å²) in [6, 6.07) is 0. The average Bonchev–Trinajstić information content (AvgIpc) is 2.27. The van der Waals surface area contributed by atoms with Crippen LogP contribution in [0.25, 0.3) is 0 Å². The summed E-state index contributed by atoms with van der Waals surface area (Å²) in [4.78, 5) is 4.15. The zero-order chi connectivity index (χ0) is 8.10. The van der Waals surface area contributed by atoms with Crippen molar-refractivity contribution in [3.8, 4) is 0 Å². The first-order valence-corrected chi connectivity index (χ1v) is 3.83. The van der Waals surface area contributed by atoms with Gasteiger partial charge in [0.2, 0.25) is 0 Å². The van der Waals surface area contributed by atoms with Crippen molar-refractivity contribution in [2.45, 2.75) is 13.3 Å². The Hall–Kier alpha value is -1.05. The molecule has 11 heavy (non-hydrogen) atoms. The van der Waals surface area contributed by atoms with Crippen LogP contribution in [0.3, 0.4) is 0 Å². The first-order chi connectivity index (χ1) is 5.38. The van der Waals surface area contributed by atoms with E-state index in [0.29, 0.717) is 5.92 Å². The highest BCUT2D eigenvalue weighted by molar-refractivity contribution is 5.81. The predicted molar refractivity (Wildman–Crippen MR) is 46.5 cm³/mol. The molecule has 0 fully saturated rings. The second-order valence-electron chi connectivity index (χ2n) is 2.41. The lowest BCUT2D eigenvalue weighted by Gasteiger charge is -2.09. The van der Waals surface area contributed by atoms with Crippen molar-refractivity contribution in [2.75, 3.05) is 7.11 Å². The van der Waals surface area contributed by atoms with Gasteiger partial charge in [-0.15, -0.1) is 0 Å². The molecule has 1 unspecified atom stereocenters. The number of hydrogen-bond acceptors (Lipinski definition) is 2. The second kappa shape index (κ2) is 3.96. The Labute approximate surface area is 67.3 Å². The molecule has 0 N–H and O–H groups in total. The molecule has 0 aromatic rings. The fourth-order valence-electron chi connectivity index (χ4n) is 1.06. The van der Waals surface area contributed by atoms with Crippen LogP contribution in [-0.2, 0) is 4.74 Å². The second-order valence-corrected chi connectivity index (χ2v) is 2.41. The van der Waals surface area contributed by atoms with Gasteiger partial charge >= 0.3 is 0 Å². The van der Waals surface area contributed by atoms with Gasteiger partial charge in [-0.1, -0.05) is 19.1 Å². The monoisotopic (exact) mass is 151 g/mol. The number of ether oxygens (including phenoxy) is 1. The van der Waals surface area contributed by atoms with Crippen LogP contribution in [0.1, 0.15) is 13.3 Å². The number of nitrogens with zero attached hydrogens (tertiary/aromatic N) is 1. The normalized spacial score (nSPS) is 22.7. The molecule has 0 aromatic carbocycles. The van der Waals surface area contributed by atoms with E-state index in [1.807, 2.05) is 12.2 Å². The third-order valence-corrected chi connectivity index (χ3v) is 1.71. The van der Waals surface area contributed by atoms with Gasteiger partial charge in [0.1, 0.15) is 0 Å². The van der Waals surface area contributed by atoms with E-state index < -0.39 is 0 Å². The first-order valence-electron chi connectivity index (χ1n) is 3.83. The van der Waals surface area contributed by atoms with Gasteiger partial charge in [-0.3, -0.25) is 0 Å². The summed E-state index contributed by atoms with van der Waals surface area (Å²) in [5, 5.41) is 0. The number of aliphatic imine (C=N–C) groups is 1. The summed E-state index contributed by atoms with van der Waals surface area (Å²) in [6.45, 7) is 2.12. The third kappa shape index (κ3) is 1.93. The Morgan fingerprint density at radius 3 is 3.00 bits per heavy atom. The maximum Gasteiger partial charge on any atom is 0.194 e. The van der Waals surface area contributed by atoms with Gasteiger partial charge in [-0.05, 0) is 12.5 Å². The Morgan fingerprint density at radius 1 is 1.55 bits per heavy atom. The van der Waals surface area contributed by atoms with E-state index in [1.54, 1.807) is 13.3 Å². The molecule has 2 nitrogen and oxygen atoms in total. The molecule has 60 valence electrons. The molecule has 0 aliphatic carbocycles. The SMILES string of the molecule is CCC1C=CC=CN=C1OC. The highest BCUT2D eigenvalue weighted by atomic mass is 16.5. The molecule has 0 spiro atoms. The fraction of sp³-hybridized carbons (Fsp3) is 0.444. The molecule has 1 rings (SSSR count). The molecule has 0 saturated heterocycles. The van der Waals surface area contributed by atoms with Gasteiger partial charge in [-0.25, -0.2) is 4.99 Å². The molecule has 1 aliphatic rings. The molecule has 2 heteroatoms. The van der Waals surface area contributed by atoms with Gasteiger partial charge in [0.05, 0.1) is 13.0 Å². The Kier molecular flexibility index (Phi) is 2.90. The van der Waals surface area contributed by atoms with Gasteiger partial charge in [0.15, 0.2) is 5.90 Å². The number of hydrogen-bond donors (Lipinski definition) is 0. The molecule has 0 bridgehead atoms. The van der Waals surface area contributed by atoms with Crippen LogP contribution in [0.4, 0.5) is 0 Å². The van der Waals surface area contributed by atoms with E-state index in [-0.39, 0.29) is 0 Å². The molecule has 1 heterocycles. The van der Waals surface area contributed by atoms with Crippen LogP contribution in [0.5, 0.6) is 0 Å². The topological polar surface area (TPSA) is 21.6 Å². The minimum absolute atomic E-state index is 0.343. The number of rotatable bonds is 1. The van der Waals surface area contributed by atoms with Crippen molar-refractivity contribution in [1.82, 2.24) is 0 Å². The van der Waals surface area contributed by atoms with Crippen LogP contribution < -0.4 is 0 Å². The van der Waals surface area contributed by atoms with Crippen LogP contribution in [0, 0.1) is 5.92 Å². The highest BCUT2D eigenvalue weighted by Gasteiger charge is 2.10. The van der Waals surface area contributed by atoms with Gasteiger partial charge < -0.3 is 4.74 Å². The van der Waals surface area contributed by atoms with Crippen molar-refractivity contribution < 1.29 is 4.74 Å². The minimum atomic E-state index is 0.343. The highest BCUT2D eigenvalue weighted by Crippen LogP contribution is 2.11. The summed E-state index contributed by atoms with van der Waals surface area (Å²) >= 11 is 0. The Balaban J connectivity index is 2.76. The molecule has 0 saturated carbocycles. The van der Waals surface area contributed by atoms with Crippen molar-refractivity contribution in [3.63, 3.8) is 0 Å². The van der Waals surface area contributed by atoms with Gasteiger partial charge in [0.25, 0.3) is 0 Å². The van der Waals surface area contributed by atoms with E-state index >= 15 is 0 Å². The lowest BCUT2D eigenvalue weighted by molar-refractivity contribution is 0.375. The largest absolute Gasteiger partial charge is 0.484 e. The maximum atomic E-state index is 5.12. The van der Waals surface area contributed by atoms with E-state index in [0.717, 1.165) is 12.3 Å². The third-order valence-electron chi connectivity index (χ3n) is 1.71. The average molecular weight is 151 g/mol. The summed E-state index contributed by atoms with van der Waals surface area (Å²) < 4.78 is 5.12. The summed E-state index contributed by atoms with van der Waals surface area (Å²) in [5.41, 5.74) is 0. The van der Waals surface area contributed by atoms with Crippen molar-refractivity contribution in [1.29, 1.82) is 0 Å². The van der Waals surface area contributed by atoms with Gasteiger partial charge in [0, 0.05) is 6.20 Å². The minimum Gasteiger partial charge on any atom is -0.484 e. The number of methoxy groups -OCH3 is 1. The molecular formula is C9H13NO. The van der Waals surface area contributed by atoms with Crippen LogP contribution in [0.15, 0.2) is 29.4 Å². The van der Waals surface area contributed by atoms with E-state index in [4.69, 9.17) is 4.74 Å². The standard InChI is InChI=1S/C9H13NO/c1-3-8-6-4-5-7-10-9(8)11-2/h4-8H,3H2,1-2H3. The smallest absolute Gasteiger partial charge is 0.194 e. The molecular weight excluding hydrogens is 138 g/mol. The molecule has 0 amide bonds. The fourth-order valence-corrected chi connectivity index (χ4v) is 1.06. The summed E-state index contributed by atoms with van der Waals surface area (Å²) in [7, 11) is 1.66. The molecule has 1 atom stereocenters. The lowest BCUT2D eigenvalue weighted by Crippen LogP contribution is -2.12. The van der Waals surface area contributed by atoms with Crippen molar-refractivity contribution >= 4 is 5.90 Å². The first kappa shape index (κ1) is 8.05. The number of allylic oxidation sites excluding steroid dienone is 2. The summed E-state index contributed by atoms with van der Waals surface area (Å²) in [5.74, 6) is 1.15.